The molecule has 0 N–H and O–H groups in total. The fraction of sp³-hybridized carbons (Fsp3) is 0.440. The molecule has 3 rings (SSSR count). The Morgan fingerprint density at radius 2 is 1.60 bits per heavy atom. The monoisotopic (exact) mass is 409 g/mol. The van der Waals surface area contributed by atoms with E-state index in [1.807, 2.05) is 86.3 Å². The van der Waals surface area contributed by atoms with Gasteiger partial charge in [0.05, 0.1) is 25.2 Å². The Morgan fingerprint density at radius 1 is 1.00 bits per heavy atom. The van der Waals surface area contributed by atoms with Crippen molar-refractivity contribution in [1.29, 1.82) is 0 Å². The second-order valence-corrected chi connectivity index (χ2v) is 8.74. The Morgan fingerprint density at radius 3 is 2.20 bits per heavy atom. The van der Waals surface area contributed by atoms with Crippen molar-refractivity contribution in [2.75, 3.05) is 0 Å². The Kier molecular flexibility index (Phi) is 7.27. The second-order valence-electron chi connectivity index (χ2n) is 8.74. The van der Waals surface area contributed by atoms with Crippen molar-refractivity contribution >= 4 is 11.9 Å². The van der Waals surface area contributed by atoms with E-state index in [9.17, 15) is 9.59 Å². The third kappa shape index (κ3) is 6.42. The summed E-state index contributed by atoms with van der Waals surface area (Å²) in [5.41, 5.74) is 1.62. The standard InChI is InChI=1S/C25H31NO4/c1-25(2,3)30-24(28)15-14-21-22(29-18-20-12-8-5-9-13-20)16-23(27)26(21)17-19-10-6-4-7-11-19/h4-13,21-22H,14-18H2,1-3H3/t21-,22+/m1/s1. The van der Waals surface area contributed by atoms with Gasteiger partial charge in [0.15, 0.2) is 0 Å². The van der Waals surface area contributed by atoms with Crippen LogP contribution in [0, 0.1) is 0 Å². The Labute approximate surface area is 179 Å². The topological polar surface area (TPSA) is 55.8 Å². The molecule has 2 aromatic rings. The van der Waals surface area contributed by atoms with Gasteiger partial charge < -0.3 is 14.4 Å². The smallest absolute Gasteiger partial charge is 0.306 e. The summed E-state index contributed by atoms with van der Waals surface area (Å²) in [6.45, 7) is 6.54. The quantitative estimate of drug-likeness (QED) is 0.603. The molecule has 1 aliphatic rings. The van der Waals surface area contributed by atoms with E-state index in [1.165, 1.54) is 0 Å². The van der Waals surface area contributed by atoms with Gasteiger partial charge in [-0.2, -0.15) is 0 Å². The Bertz CT molecular complexity index is 829. The van der Waals surface area contributed by atoms with Gasteiger partial charge >= 0.3 is 5.97 Å². The van der Waals surface area contributed by atoms with Crippen molar-refractivity contribution in [2.45, 2.75) is 70.9 Å². The van der Waals surface area contributed by atoms with E-state index in [2.05, 4.69) is 0 Å². The number of carbonyl (C=O) groups is 2. The first-order chi connectivity index (χ1) is 14.3. The molecule has 1 amide bonds. The first kappa shape index (κ1) is 22.0. The molecule has 30 heavy (non-hydrogen) atoms. The number of rotatable bonds is 8. The Balaban J connectivity index is 1.69. The minimum Gasteiger partial charge on any atom is -0.460 e. The van der Waals surface area contributed by atoms with Crippen LogP contribution in [-0.2, 0) is 32.2 Å². The predicted molar refractivity (Wildman–Crippen MR) is 115 cm³/mol. The maximum atomic E-state index is 12.8. The lowest BCUT2D eigenvalue weighted by Crippen LogP contribution is -2.38. The van der Waals surface area contributed by atoms with Gasteiger partial charge in [-0.3, -0.25) is 9.59 Å². The number of likely N-dealkylation sites (tertiary alicyclic amines) is 1. The second kappa shape index (κ2) is 9.90. The molecule has 1 saturated heterocycles. The number of nitrogens with zero attached hydrogens (tertiary/aromatic N) is 1. The summed E-state index contributed by atoms with van der Waals surface area (Å²) in [5.74, 6) is -0.186. The third-order valence-corrected chi connectivity index (χ3v) is 5.09. The number of ether oxygens (including phenoxy) is 2. The van der Waals surface area contributed by atoms with Crippen LogP contribution in [0.1, 0.15) is 51.2 Å². The highest BCUT2D eigenvalue weighted by atomic mass is 16.6. The molecule has 0 spiro atoms. The molecule has 2 aromatic carbocycles. The van der Waals surface area contributed by atoms with Gasteiger partial charge in [0.25, 0.3) is 0 Å². The molecule has 5 nitrogen and oxygen atoms in total. The molecule has 0 aliphatic carbocycles. The summed E-state index contributed by atoms with van der Waals surface area (Å²) in [5, 5.41) is 0. The van der Waals surface area contributed by atoms with Crippen molar-refractivity contribution in [3.05, 3.63) is 71.8 Å². The van der Waals surface area contributed by atoms with E-state index >= 15 is 0 Å². The van der Waals surface area contributed by atoms with E-state index in [1.54, 1.807) is 0 Å². The number of esters is 1. The fourth-order valence-corrected chi connectivity index (χ4v) is 3.74. The fourth-order valence-electron chi connectivity index (χ4n) is 3.74. The maximum absolute atomic E-state index is 12.8. The van der Waals surface area contributed by atoms with Gasteiger partial charge in [-0.15, -0.1) is 0 Å². The maximum Gasteiger partial charge on any atom is 0.306 e. The van der Waals surface area contributed by atoms with Crippen LogP contribution in [0.3, 0.4) is 0 Å². The zero-order chi connectivity index (χ0) is 21.6. The molecule has 0 radical (unpaired) electrons. The largest absolute Gasteiger partial charge is 0.460 e. The summed E-state index contributed by atoms with van der Waals surface area (Å²) >= 11 is 0. The highest BCUT2D eigenvalue weighted by Crippen LogP contribution is 2.29. The van der Waals surface area contributed by atoms with Gasteiger partial charge in [-0.1, -0.05) is 60.7 Å². The molecule has 160 valence electrons. The zero-order valence-corrected chi connectivity index (χ0v) is 18.0. The van der Waals surface area contributed by atoms with Crippen LogP contribution >= 0.6 is 0 Å². The number of amides is 1. The highest BCUT2D eigenvalue weighted by Gasteiger charge is 2.40. The molecular formula is C25H31NO4. The van der Waals surface area contributed by atoms with Gasteiger partial charge in [0.2, 0.25) is 5.91 Å². The molecule has 1 fully saturated rings. The van der Waals surface area contributed by atoms with Crippen molar-refractivity contribution in [2.24, 2.45) is 0 Å². The molecule has 1 heterocycles. The van der Waals surface area contributed by atoms with Gasteiger partial charge in [-0.25, -0.2) is 0 Å². The Hall–Kier alpha value is -2.66. The van der Waals surface area contributed by atoms with Gasteiger partial charge in [-0.05, 0) is 38.3 Å². The minimum atomic E-state index is -0.518. The van der Waals surface area contributed by atoms with Crippen LogP contribution in [0.25, 0.3) is 0 Å². The third-order valence-electron chi connectivity index (χ3n) is 5.09. The van der Waals surface area contributed by atoms with Crippen molar-refractivity contribution < 1.29 is 19.1 Å². The highest BCUT2D eigenvalue weighted by molar-refractivity contribution is 5.80. The van der Waals surface area contributed by atoms with E-state index in [4.69, 9.17) is 9.47 Å². The van der Waals surface area contributed by atoms with Crippen LogP contribution in [0.5, 0.6) is 0 Å². The lowest BCUT2D eigenvalue weighted by Gasteiger charge is -2.29. The summed E-state index contributed by atoms with van der Waals surface area (Å²) < 4.78 is 11.6. The molecular weight excluding hydrogens is 378 g/mol. The summed E-state index contributed by atoms with van der Waals surface area (Å²) in [6, 6.07) is 19.7. The molecule has 5 heteroatoms. The SMILES string of the molecule is CC(C)(C)OC(=O)CC[C@@H]1[C@@H](OCc2ccccc2)CC(=O)N1Cc1ccccc1. The average Bonchev–Trinajstić information content (AvgIpc) is 3.00. The van der Waals surface area contributed by atoms with Crippen LogP contribution in [-0.4, -0.2) is 34.5 Å². The molecule has 1 aliphatic heterocycles. The summed E-state index contributed by atoms with van der Waals surface area (Å²) in [6.07, 6.45) is 0.862. The van der Waals surface area contributed by atoms with Gasteiger partial charge in [0.1, 0.15) is 5.60 Å². The van der Waals surface area contributed by atoms with Gasteiger partial charge in [0, 0.05) is 13.0 Å². The summed E-state index contributed by atoms with van der Waals surface area (Å²) in [7, 11) is 0. The van der Waals surface area contributed by atoms with E-state index in [-0.39, 0.29) is 30.4 Å². The van der Waals surface area contributed by atoms with E-state index in [0.29, 0.717) is 26.0 Å². The lowest BCUT2D eigenvalue weighted by atomic mass is 10.0. The molecule has 0 bridgehead atoms. The number of hydrogen-bond donors (Lipinski definition) is 0. The molecule has 0 saturated carbocycles. The zero-order valence-electron chi connectivity index (χ0n) is 18.0. The minimum absolute atomic E-state index is 0.0612. The number of benzene rings is 2. The van der Waals surface area contributed by atoms with Crippen molar-refractivity contribution in [3.63, 3.8) is 0 Å². The average molecular weight is 410 g/mol. The van der Waals surface area contributed by atoms with Crippen LogP contribution in [0.2, 0.25) is 0 Å². The van der Waals surface area contributed by atoms with Crippen molar-refractivity contribution in [3.8, 4) is 0 Å². The van der Waals surface area contributed by atoms with E-state index in [0.717, 1.165) is 11.1 Å². The lowest BCUT2D eigenvalue weighted by molar-refractivity contribution is -0.155. The summed E-state index contributed by atoms with van der Waals surface area (Å²) in [4.78, 5) is 27.0. The molecule has 0 unspecified atom stereocenters. The van der Waals surface area contributed by atoms with Crippen LogP contribution in [0.4, 0.5) is 0 Å². The predicted octanol–water partition coefficient (Wildman–Crippen LogP) is 4.49. The number of hydrogen-bond acceptors (Lipinski definition) is 4. The van der Waals surface area contributed by atoms with Crippen molar-refractivity contribution in [1.82, 2.24) is 4.90 Å². The molecule has 2 atom stereocenters. The number of carbonyl (C=O) groups excluding carboxylic acids is 2. The molecule has 0 aromatic heterocycles. The normalized spacial score (nSPS) is 19.2. The van der Waals surface area contributed by atoms with E-state index < -0.39 is 5.60 Å². The van der Waals surface area contributed by atoms with Crippen LogP contribution in [0.15, 0.2) is 60.7 Å². The first-order valence-electron chi connectivity index (χ1n) is 10.5. The first-order valence-corrected chi connectivity index (χ1v) is 10.5. The van der Waals surface area contributed by atoms with Crippen LogP contribution < -0.4 is 0 Å².